The predicted molar refractivity (Wildman–Crippen MR) is 91.2 cm³/mol. The van der Waals surface area contributed by atoms with Crippen LogP contribution < -0.4 is 4.74 Å². The van der Waals surface area contributed by atoms with Crippen LogP contribution in [0.15, 0.2) is 42.9 Å². The average molecular weight is 323 g/mol. The zero-order valence-electron chi connectivity index (χ0n) is 14.2. The van der Waals surface area contributed by atoms with Crippen molar-refractivity contribution in [2.75, 3.05) is 0 Å². The Morgan fingerprint density at radius 1 is 1.17 bits per heavy atom. The Hall–Kier alpha value is -2.76. The summed E-state index contributed by atoms with van der Waals surface area (Å²) >= 11 is 0. The Kier molecular flexibility index (Phi) is 4.84. The van der Waals surface area contributed by atoms with Gasteiger partial charge < -0.3 is 4.74 Å². The van der Waals surface area contributed by atoms with E-state index < -0.39 is 0 Å². The van der Waals surface area contributed by atoms with E-state index in [9.17, 15) is 0 Å². The highest BCUT2D eigenvalue weighted by atomic mass is 16.5. The molecule has 0 aliphatic rings. The molecule has 6 nitrogen and oxygen atoms in total. The van der Waals surface area contributed by atoms with Crippen LogP contribution in [0.5, 0.6) is 6.01 Å². The lowest BCUT2D eigenvalue weighted by molar-refractivity contribution is 0.276. The topological polar surface area (TPSA) is 65.7 Å². The zero-order valence-corrected chi connectivity index (χ0v) is 14.2. The van der Waals surface area contributed by atoms with Gasteiger partial charge in [-0.2, -0.15) is 0 Å². The van der Waals surface area contributed by atoms with Crippen LogP contribution in [-0.4, -0.2) is 25.0 Å². The first-order valence-electron chi connectivity index (χ1n) is 8.11. The van der Waals surface area contributed by atoms with Crippen LogP contribution in [0.4, 0.5) is 0 Å². The number of aryl methyl sites for hydroxylation is 1. The fraction of sp³-hybridized carbons (Fsp3) is 0.333. The van der Waals surface area contributed by atoms with Crippen LogP contribution >= 0.6 is 0 Å². The Morgan fingerprint density at radius 3 is 2.67 bits per heavy atom. The van der Waals surface area contributed by atoms with Crippen molar-refractivity contribution in [2.45, 2.75) is 39.7 Å². The van der Waals surface area contributed by atoms with Gasteiger partial charge >= 0.3 is 6.01 Å². The second-order valence-corrected chi connectivity index (χ2v) is 5.92. The minimum atomic E-state index is 0.287. The van der Waals surface area contributed by atoms with Gasteiger partial charge in [-0.25, -0.2) is 14.6 Å². The summed E-state index contributed by atoms with van der Waals surface area (Å²) in [5, 5.41) is 8.32. The highest BCUT2D eigenvalue weighted by Crippen LogP contribution is 2.17. The molecule has 0 aliphatic heterocycles. The molecule has 0 amide bonds. The molecule has 0 aliphatic carbocycles. The number of aromatic nitrogens is 5. The molecule has 0 saturated heterocycles. The van der Waals surface area contributed by atoms with E-state index in [2.05, 4.69) is 53.2 Å². The van der Waals surface area contributed by atoms with E-state index in [0.717, 1.165) is 23.4 Å². The van der Waals surface area contributed by atoms with E-state index in [-0.39, 0.29) is 6.61 Å². The highest BCUT2D eigenvalue weighted by Gasteiger charge is 2.07. The van der Waals surface area contributed by atoms with E-state index in [1.165, 1.54) is 5.56 Å². The molecule has 0 unspecified atom stereocenters. The summed E-state index contributed by atoms with van der Waals surface area (Å²) in [7, 11) is 0. The summed E-state index contributed by atoms with van der Waals surface area (Å²) < 4.78 is 7.32. The van der Waals surface area contributed by atoms with Gasteiger partial charge in [-0.15, -0.1) is 5.10 Å². The molecule has 6 heteroatoms. The molecular formula is C18H21N5O. The molecule has 124 valence electrons. The summed E-state index contributed by atoms with van der Waals surface area (Å²) in [5.41, 5.74) is 4.07. The van der Waals surface area contributed by atoms with Crippen LogP contribution in [-0.2, 0) is 13.0 Å². The number of nitrogens with zero attached hydrogens (tertiary/aromatic N) is 5. The number of ether oxygens (including phenoxy) is 1. The van der Waals surface area contributed by atoms with Crippen molar-refractivity contribution >= 4 is 0 Å². The molecule has 1 aromatic carbocycles. The molecule has 0 fully saturated rings. The molecular weight excluding hydrogens is 302 g/mol. The van der Waals surface area contributed by atoms with Crippen LogP contribution in [0.2, 0.25) is 0 Å². The predicted octanol–water partition coefficient (Wildman–Crippen LogP) is 3.32. The van der Waals surface area contributed by atoms with Crippen molar-refractivity contribution < 1.29 is 4.74 Å². The van der Waals surface area contributed by atoms with E-state index in [4.69, 9.17) is 4.74 Å². The van der Waals surface area contributed by atoms with Crippen molar-refractivity contribution in [2.24, 2.45) is 0 Å². The fourth-order valence-corrected chi connectivity index (χ4v) is 2.26. The Morgan fingerprint density at radius 2 is 1.96 bits per heavy atom. The summed E-state index contributed by atoms with van der Waals surface area (Å²) in [5.74, 6) is 0.472. The summed E-state index contributed by atoms with van der Waals surface area (Å²) in [6, 6.07) is 8.63. The van der Waals surface area contributed by atoms with Gasteiger partial charge in [0.1, 0.15) is 12.3 Å². The molecule has 24 heavy (non-hydrogen) atoms. The molecule has 0 bridgehead atoms. The maximum atomic E-state index is 5.56. The van der Waals surface area contributed by atoms with Gasteiger partial charge in [-0.05, 0) is 35.6 Å². The van der Waals surface area contributed by atoms with Crippen LogP contribution in [0.25, 0.3) is 5.69 Å². The number of benzene rings is 1. The molecule has 3 aromatic rings. The van der Waals surface area contributed by atoms with Gasteiger partial charge in [0, 0.05) is 12.4 Å². The zero-order chi connectivity index (χ0) is 16.9. The molecule has 2 aromatic heterocycles. The first-order chi connectivity index (χ1) is 11.7. The van der Waals surface area contributed by atoms with Gasteiger partial charge in [0.2, 0.25) is 0 Å². The molecule has 0 saturated carbocycles. The smallest absolute Gasteiger partial charge is 0.316 e. The molecule has 2 heterocycles. The average Bonchev–Trinajstić information content (AvgIpc) is 3.09. The van der Waals surface area contributed by atoms with Crippen molar-refractivity contribution in [1.29, 1.82) is 0 Å². The van der Waals surface area contributed by atoms with Crippen molar-refractivity contribution in [3.63, 3.8) is 0 Å². The third-order valence-corrected chi connectivity index (χ3v) is 3.78. The molecule has 0 radical (unpaired) electrons. The first kappa shape index (κ1) is 16.1. The lowest BCUT2D eigenvalue weighted by atomic mass is 10.0. The van der Waals surface area contributed by atoms with Gasteiger partial charge in [0.25, 0.3) is 0 Å². The molecule has 0 atom stereocenters. The quantitative estimate of drug-likeness (QED) is 0.696. The maximum absolute atomic E-state index is 5.56. The Bertz CT molecular complexity index is 795. The third kappa shape index (κ3) is 3.76. The Balaban J connectivity index is 1.68. The lowest BCUT2D eigenvalue weighted by Gasteiger charge is -2.07. The second kappa shape index (κ2) is 7.21. The molecule has 3 rings (SSSR count). The van der Waals surface area contributed by atoms with Crippen LogP contribution in [0.1, 0.15) is 43.5 Å². The Labute approximate surface area is 141 Å². The molecule has 0 N–H and O–H groups in total. The maximum Gasteiger partial charge on any atom is 0.316 e. The van der Waals surface area contributed by atoms with E-state index in [1.807, 2.05) is 18.3 Å². The SMILES string of the molecule is CCc1cnc(OCc2cn(-c3cccc(C(C)C)c3)nn2)nc1. The monoisotopic (exact) mass is 323 g/mol. The van der Waals surface area contributed by atoms with Gasteiger partial charge in [-0.3, -0.25) is 0 Å². The number of hydrogen-bond acceptors (Lipinski definition) is 5. The van der Waals surface area contributed by atoms with E-state index in [1.54, 1.807) is 17.1 Å². The van der Waals surface area contributed by atoms with Gasteiger partial charge in [0.05, 0.1) is 11.9 Å². The minimum absolute atomic E-state index is 0.287. The summed E-state index contributed by atoms with van der Waals surface area (Å²) in [6.07, 6.45) is 6.32. The normalized spacial score (nSPS) is 11.0. The van der Waals surface area contributed by atoms with Crippen molar-refractivity contribution in [3.8, 4) is 11.7 Å². The molecule has 0 spiro atoms. The minimum Gasteiger partial charge on any atom is -0.457 e. The van der Waals surface area contributed by atoms with Crippen molar-refractivity contribution in [1.82, 2.24) is 25.0 Å². The fourth-order valence-electron chi connectivity index (χ4n) is 2.26. The van der Waals surface area contributed by atoms with Gasteiger partial charge in [0.15, 0.2) is 0 Å². The standard InChI is InChI=1S/C18H21N5O/c1-4-14-9-19-18(20-10-14)24-12-16-11-23(22-21-16)17-7-5-6-15(8-17)13(2)3/h5-11,13H,4,12H2,1-3H3. The largest absolute Gasteiger partial charge is 0.457 e. The summed E-state index contributed by atoms with van der Waals surface area (Å²) in [6.45, 7) is 6.69. The second-order valence-electron chi connectivity index (χ2n) is 5.92. The number of rotatable bonds is 6. The third-order valence-electron chi connectivity index (χ3n) is 3.78. The van der Waals surface area contributed by atoms with Crippen LogP contribution in [0, 0.1) is 0 Å². The van der Waals surface area contributed by atoms with E-state index in [0.29, 0.717) is 11.9 Å². The summed E-state index contributed by atoms with van der Waals surface area (Å²) in [4.78, 5) is 8.34. The van der Waals surface area contributed by atoms with Gasteiger partial charge in [-0.1, -0.05) is 38.1 Å². The number of hydrogen-bond donors (Lipinski definition) is 0. The highest BCUT2D eigenvalue weighted by molar-refractivity contribution is 5.36. The van der Waals surface area contributed by atoms with Crippen molar-refractivity contribution in [3.05, 3.63) is 59.7 Å². The van der Waals surface area contributed by atoms with E-state index >= 15 is 0 Å². The first-order valence-corrected chi connectivity index (χ1v) is 8.11. The van der Waals surface area contributed by atoms with Crippen LogP contribution in [0.3, 0.4) is 0 Å². The lowest BCUT2D eigenvalue weighted by Crippen LogP contribution is -2.00.